The van der Waals surface area contributed by atoms with E-state index in [4.69, 9.17) is 4.74 Å². The molecule has 2 rings (SSSR count). The predicted octanol–water partition coefficient (Wildman–Crippen LogP) is 3.56. The lowest BCUT2D eigenvalue weighted by molar-refractivity contribution is 0.0500. The first-order valence-corrected chi connectivity index (χ1v) is 9.07. The number of nitrogens with zero attached hydrogens (tertiary/aromatic N) is 3. The minimum Gasteiger partial charge on any atom is -0.444 e. The summed E-state index contributed by atoms with van der Waals surface area (Å²) in [6.07, 6.45) is 4.17. The largest absolute Gasteiger partial charge is 0.444 e. The predicted molar refractivity (Wildman–Crippen MR) is 99.8 cm³/mol. The Morgan fingerprint density at radius 3 is 2.64 bits per heavy atom. The van der Waals surface area contributed by atoms with Gasteiger partial charge in [-0.15, -0.1) is 0 Å². The van der Waals surface area contributed by atoms with Crippen molar-refractivity contribution in [3.05, 3.63) is 18.1 Å². The molecule has 25 heavy (non-hydrogen) atoms. The maximum atomic E-state index is 12.0. The maximum Gasteiger partial charge on any atom is 0.407 e. The topological polar surface area (TPSA) is 67.4 Å². The molecular formula is C19H32N4O2. The Morgan fingerprint density at radius 1 is 1.28 bits per heavy atom. The molecule has 6 nitrogen and oxygen atoms in total. The summed E-state index contributed by atoms with van der Waals surface area (Å²) < 4.78 is 5.36. The first-order valence-electron chi connectivity index (χ1n) is 9.07. The van der Waals surface area contributed by atoms with Crippen LogP contribution in [0.1, 0.15) is 60.1 Å². The lowest BCUT2D eigenvalue weighted by Gasteiger charge is -2.34. The molecule has 0 radical (unpaired) electrons. The molecule has 0 aliphatic carbocycles. The van der Waals surface area contributed by atoms with Gasteiger partial charge in [-0.2, -0.15) is 0 Å². The van der Waals surface area contributed by atoms with Crippen LogP contribution < -0.4 is 10.2 Å². The third-order valence-corrected chi connectivity index (χ3v) is 3.89. The van der Waals surface area contributed by atoms with Crippen molar-refractivity contribution in [2.24, 2.45) is 5.41 Å². The van der Waals surface area contributed by atoms with E-state index in [1.54, 1.807) is 6.33 Å². The highest BCUT2D eigenvalue weighted by molar-refractivity contribution is 5.68. The Balaban J connectivity index is 1.99. The molecule has 0 bridgehead atoms. The number of anilines is 1. The molecule has 1 atom stereocenters. The Bertz CT molecular complexity index is 590. The standard InChI is InChI=1S/C19H32N4O2/c1-18(2,3)11-15-10-16(21-13-20-15)23-9-7-8-14(12-23)22-17(24)25-19(4,5)6/h10,13-14H,7-9,11-12H2,1-6H3,(H,22,24). The van der Waals surface area contributed by atoms with Crippen molar-refractivity contribution < 1.29 is 9.53 Å². The smallest absolute Gasteiger partial charge is 0.407 e. The quantitative estimate of drug-likeness (QED) is 0.904. The number of aromatic nitrogens is 2. The second kappa shape index (κ2) is 7.58. The monoisotopic (exact) mass is 348 g/mol. The molecule has 0 aromatic carbocycles. The first kappa shape index (κ1) is 19.5. The van der Waals surface area contributed by atoms with E-state index in [1.165, 1.54) is 0 Å². The van der Waals surface area contributed by atoms with Crippen molar-refractivity contribution in [3.8, 4) is 0 Å². The SMILES string of the molecule is CC(C)(C)Cc1cc(N2CCCC(NC(=O)OC(C)(C)C)C2)ncn1. The minimum absolute atomic E-state index is 0.0737. The van der Waals surface area contributed by atoms with Crippen LogP contribution in [0.5, 0.6) is 0 Å². The van der Waals surface area contributed by atoms with Crippen molar-refractivity contribution in [2.45, 2.75) is 72.4 Å². The number of carbonyl (C=O) groups excluding carboxylic acids is 1. The van der Waals surface area contributed by atoms with Crippen molar-refractivity contribution in [1.29, 1.82) is 0 Å². The summed E-state index contributed by atoms with van der Waals surface area (Å²) in [5, 5.41) is 2.98. The lowest BCUT2D eigenvalue weighted by Crippen LogP contribution is -2.49. The van der Waals surface area contributed by atoms with Gasteiger partial charge in [0, 0.05) is 30.9 Å². The van der Waals surface area contributed by atoms with Crippen LogP contribution in [0.3, 0.4) is 0 Å². The van der Waals surface area contributed by atoms with Crippen LogP contribution in [-0.4, -0.2) is 40.8 Å². The fraction of sp³-hybridized carbons (Fsp3) is 0.737. The molecule has 6 heteroatoms. The molecule has 1 fully saturated rings. The number of nitrogens with one attached hydrogen (secondary N) is 1. The molecule has 1 aromatic rings. The summed E-state index contributed by atoms with van der Waals surface area (Å²) in [7, 11) is 0. The molecule has 1 aliphatic rings. The van der Waals surface area contributed by atoms with Gasteiger partial charge in [-0.1, -0.05) is 20.8 Å². The van der Waals surface area contributed by atoms with Crippen LogP contribution in [-0.2, 0) is 11.2 Å². The van der Waals surface area contributed by atoms with Crippen molar-refractivity contribution in [2.75, 3.05) is 18.0 Å². The Labute approximate surface area is 151 Å². The van der Waals surface area contributed by atoms with Gasteiger partial charge in [0.15, 0.2) is 0 Å². The normalized spacial score (nSPS) is 18.8. The van der Waals surface area contributed by atoms with Gasteiger partial charge in [-0.05, 0) is 45.4 Å². The van der Waals surface area contributed by atoms with E-state index in [0.29, 0.717) is 0 Å². The number of hydrogen-bond acceptors (Lipinski definition) is 5. The molecule has 1 N–H and O–H groups in total. The van der Waals surface area contributed by atoms with E-state index in [2.05, 4.69) is 47.0 Å². The summed E-state index contributed by atoms with van der Waals surface area (Å²) in [5.74, 6) is 0.935. The fourth-order valence-electron chi connectivity index (χ4n) is 2.98. The summed E-state index contributed by atoms with van der Waals surface area (Å²) in [6, 6.07) is 2.14. The van der Waals surface area contributed by atoms with Gasteiger partial charge in [0.2, 0.25) is 0 Å². The van der Waals surface area contributed by atoms with Gasteiger partial charge in [0.25, 0.3) is 0 Å². The zero-order chi connectivity index (χ0) is 18.7. The van der Waals surface area contributed by atoms with Crippen LogP contribution in [0, 0.1) is 5.41 Å². The summed E-state index contributed by atoms with van der Waals surface area (Å²) in [5.41, 5.74) is 0.765. The highest BCUT2D eigenvalue weighted by atomic mass is 16.6. The Morgan fingerprint density at radius 2 is 2.00 bits per heavy atom. The number of rotatable bonds is 3. The van der Waals surface area contributed by atoms with Gasteiger partial charge in [0.05, 0.1) is 0 Å². The highest BCUT2D eigenvalue weighted by Gasteiger charge is 2.25. The third kappa shape index (κ3) is 6.88. The number of piperidine rings is 1. The van der Waals surface area contributed by atoms with Gasteiger partial charge >= 0.3 is 6.09 Å². The summed E-state index contributed by atoms with van der Waals surface area (Å²) in [6.45, 7) is 13.9. The first-order chi connectivity index (χ1) is 11.5. The second-order valence-corrected chi connectivity index (χ2v) is 9.04. The van der Waals surface area contributed by atoms with Crippen LogP contribution in [0.2, 0.25) is 0 Å². The van der Waals surface area contributed by atoms with Gasteiger partial charge in [-0.3, -0.25) is 0 Å². The molecule has 140 valence electrons. The number of hydrogen-bond donors (Lipinski definition) is 1. The molecule has 0 spiro atoms. The zero-order valence-electron chi connectivity index (χ0n) is 16.4. The van der Waals surface area contributed by atoms with E-state index >= 15 is 0 Å². The third-order valence-electron chi connectivity index (χ3n) is 3.89. The molecule has 1 aliphatic heterocycles. The average Bonchev–Trinajstić information content (AvgIpc) is 2.44. The summed E-state index contributed by atoms with van der Waals surface area (Å²) >= 11 is 0. The average molecular weight is 348 g/mol. The molecule has 0 saturated carbocycles. The van der Waals surface area contributed by atoms with Gasteiger partial charge < -0.3 is 15.0 Å². The Hall–Kier alpha value is -1.85. The number of carbonyl (C=O) groups is 1. The van der Waals surface area contributed by atoms with Gasteiger partial charge in [-0.25, -0.2) is 14.8 Å². The molecule has 2 heterocycles. The minimum atomic E-state index is -0.479. The molecule has 1 unspecified atom stereocenters. The molecule has 1 aromatic heterocycles. The zero-order valence-corrected chi connectivity index (χ0v) is 16.4. The number of ether oxygens (including phenoxy) is 1. The van der Waals surface area contributed by atoms with Crippen LogP contribution in [0.4, 0.5) is 10.6 Å². The Kier molecular flexibility index (Phi) is 5.91. The molecule has 1 saturated heterocycles. The van der Waals surface area contributed by atoms with Gasteiger partial charge in [0.1, 0.15) is 17.7 Å². The van der Waals surface area contributed by atoms with Crippen LogP contribution in [0.25, 0.3) is 0 Å². The van der Waals surface area contributed by atoms with Crippen molar-refractivity contribution >= 4 is 11.9 Å². The number of alkyl carbamates (subject to hydrolysis) is 1. The van der Waals surface area contributed by atoms with Crippen LogP contribution in [0.15, 0.2) is 12.4 Å². The molecular weight excluding hydrogens is 316 g/mol. The van der Waals surface area contributed by atoms with E-state index in [0.717, 1.165) is 43.9 Å². The van der Waals surface area contributed by atoms with Crippen molar-refractivity contribution in [3.63, 3.8) is 0 Å². The number of amides is 1. The second-order valence-electron chi connectivity index (χ2n) is 9.04. The fourth-order valence-corrected chi connectivity index (χ4v) is 2.98. The van der Waals surface area contributed by atoms with E-state index < -0.39 is 5.60 Å². The maximum absolute atomic E-state index is 12.0. The van der Waals surface area contributed by atoms with E-state index in [1.807, 2.05) is 20.8 Å². The van der Waals surface area contributed by atoms with Crippen LogP contribution >= 0.6 is 0 Å². The molecule has 1 amide bonds. The highest BCUT2D eigenvalue weighted by Crippen LogP contribution is 2.23. The van der Waals surface area contributed by atoms with E-state index in [-0.39, 0.29) is 17.6 Å². The summed E-state index contributed by atoms with van der Waals surface area (Å²) in [4.78, 5) is 23.1. The van der Waals surface area contributed by atoms with E-state index in [9.17, 15) is 4.79 Å². The lowest BCUT2D eigenvalue weighted by atomic mass is 9.90. The van der Waals surface area contributed by atoms with Crippen molar-refractivity contribution in [1.82, 2.24) is 15.3 Å².